The molecule has 1 saturated heterocycles. The van der Waals surface area contributed by atoms with Crippen LogP contribution in [-0.2, 0) is 14.3 Å². The minimum atomic E-state index is -0.894. The summed E-state index contributed by atoms with van der Waals surface area (Å²) in [5, 5.41) is 3.16. The molecule has 1 aromatic rings. The van der Waals surface area contributed by atoms with Crippen molar-refractivity contribution in [3.8, 4) is 0 Å². The maximum Gasteiger partial charge on any atom is 0.240 e. The van der Waals surface area contributed by atoms with Gasteiger partial charge in [-0.2, -0.15) is 0 Å². The van der Waals surface area contributed by atoms with Crippen molar-refractivity contribution >= 4 is 30.7 Å². The number of carbonyl (C=O) groups is 1. The highest BCUT2D eigenvalue weighted by molar-refractivity contribution is 5.88. The number of amides is 1. The number of nitrogens with two attached hydrogens (primary N) is 1. The number of carbonyl (C=O) groups excluding carboxylic acids is 1. The van der Waals surface area contributed by atoms with Gasteiger partial charge in [0.15, 0.2) is 0 Å². The molecule has 0 aromatic heterocycles. The molecular formula is C22H37Cl2N3O3. The average molecular weight is 462 g/mol. The molecule has 2 fully saturated rings. The van der Waals surface area contributed by atoms with Gasteiger partial charge in [0.1, 0.15) is 5.54 Å². The minimum absolute atomic E-state index is 0. The number of morpholine rings is 1. The van der Waals surface area contributed by atoms with E-state index in [0.29, 0.717) is 19.6 Å². The fourth-order valence-electron chi connectivity index (χ4n) is 4.39. The van der Waals surface area contributed by atoms with Crippen LogP contribution < -0.4 is 11.1 Å². The molecule has 1 saturated carbocycles. The number of nitrogens with one attached hydrogen (secondary N) is 1. The van der Waals surface area contributed by atoms with Crippen LogP contribution in [-0.4, -0.2) is 61.9 Å². The van der Waals surface area contributed by atoms with E-state index in [1.807, 2.05) is 20.8 Å². The number of hydrogen-bond donors (Lipinski definition) is 2. The zero-order chi connectivity index (χ0) is 20.4. The molecule has 0 radical (unpaired) electrons. The Morgan fingerprint density at radius 3 is 2.57 bits per heavy atom. The smallest absolute Gasteiger partial charge is 0.240 e. The molecule has 3 N–H and O–H groups in total. The number of hydrogen-bond acceptors (Lipinski definition) is 5. The molecular weight excluding hydrogens is 425 g/mol. The Morgan fingerprint density at radius 2 is 2.00 bits per heavy atom. The summed E-state index contributed by atoms with van der Waals surface area (Å²) in [7, 11) is 0. The third kappa shape index (κ3) is 5.29. The van der Waals surface area contributed by atoms with Crippen LogP contribution in [0.1, 0.15) is 44.4 Å². The first kappa shape index (κ1) is 27.1. The van der Waals surface area contributed by atoms with E-state index in [0.717, 1.165) is 26.3 Å². The molecule has 3 rings (SSSR count). The molecule has 1 heterocycles. The van der Waals surface area contributed by atoms with Crippen molar-refractivity contribution in [2.45, 2.75) is 51.8 Å². The summed E-state index contributed by atoms with van der Waals surface area (Å²) in [4.78, 5) is 15.4. The summed E-state index contributed by atoms with van der Waals surface area (Å²) in [5.74, 6) is -0.0839. The monoisotopic (exact) mass is 461 g/mol. The van der Waals surface area contributed by atoms with Gasteiger partial charge in [-0.25, -0.2) is 0 Å². The van der Waals surface area contributed by atoms with Crippen molar-refractivity contribution < 1.29 is 14.3 Å². The van der Waals surface area contributed by atoms with Crippen LogP contribution in [0.25, 0.3) is 0 Å². The fourth-order valence-corrected chi connectivity index (χ4v) is 4.39. The predicted octanol–water partition coefficient (Wildman–Crippen LogP) is 2.86. The van der Waals surface area contributed by atoms with Crippen molar-refractivity contribution in [2.24, 2.45) is 11.1 Å². The third-order valence-corrected chi connectivity index (χ3v) is 6.60. The van der Waals surface area contributed by atoms with Gasteiger partial charge in [0.05, 0.1) is 25.4 Å². The maximum absolute atomic E-state index is 13.1. The van der Waals surface area contributed by atoms with Crippen LogP contribution in [0.3, 0.4) is 0 Å². The molecule has 0 bridgehead atoms. The molecule has 0 spiro atoms. The number of nitrogens with zero attached hydrogens (tertiary/aromatic N) is 1. The lowest BCUT2D eigenvalue weighted by molar-refractivity contribution is -0.170. The van der Waals surface area contributed by atoms with Crippen molar-refractivity contribution in [3.63, 3.8) is 0 Å². The largest absolute Gasteiger partial charge is 0.379 e. The quantitative estimate of drug-likeness (QED) is 0.652. The van der Waals surface area contributed by atoms with E-state index in [-0.39, 0.29) is 48.3 Å². The van der Waals surface area contributed by atoms with Gasteiger partial charge in [-0.15, -0.1) is 24.8 Å². The Hall–Kier alpha value is -0.890. The van der Waals surface area contributed by atoms with E-state index in [9.17, 15) is 4.79 Å². The van der Waals surface area contributed by atoms with E-state index in [1.54, 1.807) is 0 Å². The van der Waals surface area contributed by atoms with Gasteiger partial charge in [0.2, 0.25) is 5.91 Å². The molecule has 1 amide bonds. The number of aryl methyl sites for hydroxylation is 1. The van der Waals surface area contributed by atoms with Gasteiger partial charge < -0.3 is 20.5 Å². The molecule has 1 aliphatic carbocycles. The lowest BCUT2D eigenvalue weighted by Gasteiger charge is -2.57. The molecule has 1 aromatic carbocycles. The molecule has 3 atom stereocenters. The topological polar surface area (TPSA) is 76.8 Å². The number of ether oxygens (including phenoxy) is 2. The summed E-state index contributed by atoms with van der Waals surface area (Å²) >= 11 is 0. The summed E-state index contributed by atoms with van der Waals surface area (Å²) in [6, 6.07) is 8.62. The van der Waals surface area contributed by atoms with Gasteiger partial charge in [-0.3, -0.25) is 9.69 Å². The first-order valence-corrected chi connectivity index (χ1v) is 10.4. The van der Waals surface area contributed by atoms with Crippen LogP contribution in [0.4, 0.5) is 0 Å². The van der Waals surface area contributed by atoms with Gasteiger partial charge in [0, 0.05) is 38.1 Å². The summed E-state index contributed by atoms with van der Waals surface area (Å²) in [5.41, 5.74) is 7.70. The summed E-state index contributed by atoms with van der Waals surface area (Å²) in [6.45, 7) is 12.5. The van der Waals surface area contributed by atoms with E-state index >= 15 is 0 Å². The molecule has 172 valence electrons. The zero-order valence-electron chi connectivity index (χ0n) is 18.5. The van der Waals surface area contributed by atoms with Crippen molar-refractivity contribution in [2.75, 3.05) is 39.5 Å². The van der Waals surface area contributed by atoms with Crippen molar-refractivity contribution in [1.82, 2.24) is 10.2 Å². The second-order valence-corrected chi connectivity index (χ2v) is 8.63. The van der Waals surface area contributed by atoms with E-state index < -0.39 is 5.54 Å². The van der Waals surface area contributed by atoms with E-state index in [2.05, 4.69) is 41.4 Å². The van der Waals surface area contributed by atoms with Crippen LogP contribution in [0, 0.1) is 12.3 Å². The fraction of sp³-hybridized carbons (Fsp3) is 0.682. The Balaban J connectivity index is 0.00000225. The van der Waals surface area contributed by atoms with Crippen LogP contribution >= 0.6 is 24.8 Å². The second kappa shape index (κ2) is 11.1. The normalized spacial score (nSPS) is 26.5. The lowest BCUT2D eigenvalue weighted by atomic mass is 9.54. The molecule has 8 heteroatoms. The van der Waals surface area contributed by atoms with Crippen molar-refractivity contribution in [3.05, 3.63) is 35.4 Å². The van der Waals surface area contributed by atoms with Crippen LogP contribution in [0.15, 0.2) is 24.3 Å². The third-order valence-electron chi connectivity index (χ3n) is 6.60. The predicted molar refractivity (Wildman–Crippen MR) is 125 cm³/mol. The second-order valence-electron chi connectivity index (χ2n) is 8.63. The summed E-state index contributed by atoms with van der Waals surface area (Å²) < 4.78 is 11.3. The Morgan fingerprint density at radius 1 is 1.33 bits per heavy atom. The van der Waals surface area contributed by atoms with E-state index in [4.69, 9.17) is 15.2 Å². The van der Waals surface area contributed by atoms with Gasteiger partial charge >= 0.3 is 0 Å². The highest BCUT2D eigenvalue weighted by Gasteiger charge is 2.62. The van der Waals surface area contributed by atoms with Crippen LogP contribution in [0.5, 0.6) is 0 Å². The molecule has 30 heavy (non-hydrogen) atoms. The maximum atomic E-state index is 13.1. The number of halogens is 2. The Kier molecular flexibility index (Phi) is 10.1. The first-order valence-electron chi connectivity index (χ1n) is 10.4. The van der Waals surface area contributed by atoms with Crippen molar-refractivity contribution in [1.29, 1.82) is 0 Å². The van der Waals surface area contributed by atoms with Gasteiger partial charge in [-0.05, 0) is 19.4 Å². The molecule has 6 nitrogen and oxygen atoms in total. The van der Waals surface area contributed by atoms with Gasteiger partial charge in [-0.1, -0.05) is 43.7 Å². The Bertz CT molecular complexity index is 698. The van der Waals surface area contributed by atoms with E-state index in [1.165, 1.54) is 11.1 Å². The summed E-state index contributed by atoms with van der Waals surface area (Å²) in [6.07, 6.45) is 0.590. The average Bonchev–Trinajstić information content (AvgIpc) is 2.68. The number of rotatable bonds is 7. The van der Waals surface area contributed by atoms with Gasteiger partial charge in [0.25, 0.3) is 0 Å². The lowest BCUT2D eigenvalue weighted by Crippen LogP contribution is -2.76. The highest BCUT2D eigenvalue weighted by atomic mass is 35.5. The molecule has 2 aliphatic rings. The SMILES string of the molecule is CCOC1CC(N)(C(=O)NCC(c2cccc(C)c2)N2CCOCC2)C1(C)C.Cl.Cl. The highest BCUT2D eigenvalue weighted by Crippen LogP contribution is 2.49. The molecule has 1 aliphatic heterocycles. The standard InChI is InChI=1S/C22H35N3O3.2ClH/c1-5-28-19-14-22(23,21(19,3)4)20(26)24-15-18(25-9-11-27-12-10-25)17-8-6-7-16(2)13-17;;/h6-8,13,18-19H,5,9-12,14-15,23H2,1-4H3,(H,24,26);2*1H. The first-order chi connectivity index (χ1) is 13.3. The number of benzene rings is 1. The van der Waals surface area contributed by atoms with Crippen LogP contribution in [0.2, 0.25) is 0 Å². The Labute approximate surface area is 193 Å². The zero-order valence-corrected chi connectivity index (χ0v) is 20.1. The minimum Gasteiger partial charge on any atom is -0.379 e. The molecule has 3 unspecified atom stereocenters.